The largest absolute Gasteiger partial charge is 0.324 e. The molecule has 0 bridgehead atoms. The van der Waals surface area contributed by atoms with Crippen LogP contribution in [0.15, 0.2) is 46.9 Å². The van der Waals surface area contributed by atoms with E-state index in [-0.39, 0.29) is 11.9 Å². The van der Waals surface area contributed by atoms with E-state index >= 15 is 0 Å². The fourth-order valence-electron chi connectivity index (χ4n) is 2.15. The molecule has 106 valence electrons. The van der Waals surface area contributed by atoms with Gasteiger partial charge in [0, 0.05) is 6.04 Å². The molecule has 0 radical (unpaired) electrons. The second-order valence-corrected chi connectivity index (χ2v) is 6.23. The molecule has 0 aliphatic rings. The highest BCUT2D eigenvalue weighted by atomic mass is 79.9. The van der Waals surface area contributed by atoms with Crippen LogP contribution < -0.4 is 5.73 Å². The molecule has 20 heavy (non-hydrogen) atoms. The summed E-state index contributed by atoms with van der Waals surface area (Å²) in [5.41, 5.74) is 9.47. The van der Waals surface area contributed by atoms with Crippen LogP contribution in [-0.4, -0.2) is 0 Å². The Balaban J connectivity index is 2.10. The van der Waals surface area contributed by atoms with Crippen LogP contribution in [0.4, 0.5) is 4.39 Å². The van der Waals surface area contributed by atoms with Gasteiger partial charge in [-0.15, -0.1) is 0 Å². The molecular formula is C17H19BrFN. The predicted molar refractivity (Wildman–Crippen MR) is 85.3 cm³/mol. The maximum atomic E-state index is 13.5. The summed E-state index contributed by atoms with van der Waals surface area (Å²) in [6.45, 7) is 4.34. The minimum atomic E-state index is -0.270. The van der Waals surface area contributed by atoms with Crippen molar-refractivity contribution >= 4 is 15.9 Å². The molecule has 0 saturated carbocycles. The first kappa shape index (κ1) is 15.2. The second-order valence-electron chi connectivity index (χ2n) is 5.38. The third kappa shape index (κ3) is 3.68. The summed E-state index contributed by atoms with van der Waals surface area (Å²) < 4.78 is 14.0. The van der Waals surface area contributed by atoms with Crippen LogP contribution in [0.3, 0.4) is 0 Å². The summed E-state index contributed by atoms with van der Waals surface area (Å²) in [6.07, 6.45) is 0.708. The summed E-state index contributed by atoms with van der Waals surface area (Å²) in [6, 6.07) is 13.3. The van der Waals surface area contributed by atoms with Gasteiger partial charge in [-0.1, -0.05) is 44.2 Å². The molecule has 2 rings (SSSR count). The molecule has 1 atom stereocenters. The summed E-state index contributed by atoms with van der Waals surface area (Å²) in [4.78, 5) is 0. The SMILES string of the molecule is CC(C)c1ccc(CC(N)c2ccc(Br)c(F)c2)cc1. The van der Waals surface area contributed by atoms with E-state index in [9.17, 15) is 4.39 Å². The van der Waals surface area contributed by atoms with Gasteiger partial charge in [0.1, 0.15) is 5.82 Å². The molecule has 0 amide bonds. The number of hydrogen-bond donors (Lipinski definition) is 1. The Bertz CT molecular complexity index is 578. The van der Waals surface area contributed by atoms with Gasteiger partial charge in [-0.05, 0) is 57.1 Å². The molecule has 0 aromatic heterocycles. The molecule has 0 heterocycles. The average Bonchev–Trinajstić information content (AvgIpc) is 2.42. The van der Waals surface area contributed by atoms with Crippen molar-refractivity contribution in [3.63, 3.8) is 0 Å². The van der Waals surface area contributed by atoms with E-state index in [1.807, 2.05) is 6.07 Å². The van der Waals surface area contributed by atoms with Gasteiger partial charge in [0.2, 0.25) is 0 Å². The topological polar surface area (TPSA) is 26.0 Å². The summed E-state index contributed by atoms with van der Waals surface area (Å²) in [7, 11) is 0. The third-order valence-electron chi connectivity index (χ3n) is 3.47. The first-order valence-corrected chi connectivity index (χ1v) is 7.56. The van der Waals surface area contributed by atoms with E-state index in [1.165, 1.54) is 17.2 Å². The van der Waals surface area contributed by atoms with E-state index in [1.54, 1.807) is 6.07 Å². The summed E-state index contributed by atoms with van der Waals surface area (Å²) in [5.74, 6) is 0.256. The Morgan fingerprint density at radius 3 is 2.20 bits per heavy atom. The van der Waals surface area contributed by atoms with E-state index in [4.69, 9.17) is 5.73 Å². The molecule has 3 heteroatoms. The average molecular weight is 336 g/mol. The predicted octanol–water partition coefficient (Wildman–Crippen LogP) is 4.95. The Hall–Kier alpha value is -1.19. The lowest BCUT2D eigenvalue weighted by Gasteiger charge is -2.13. The summed E-state index contributed by atoms with van der Waals surface area (Å²) >= 11 is 3.15. The lowest BCUT2D eigenvalue weighted by Crippen LogP contribution is -2.13. The molecular weight excluding hydrogens is 317 g/mol. The molecule has 2 aromatic rings. The molecule has 1 nitrogen and oxygen atoms in total. The van der Waals surface area contributed by atoms with Gasteiger partial charge >= 0.3 is 0 Å². The van der Waals surface area contributed by atoms with Crippen LogP contribution in [-0.2, 0) is 6.42 Å². The van der Waals surface area contributed by atoms with Crippen molar-refractivity contribution in [1.82, 2.24) is 0 Å². The van der Waals surface area contributed by atoms with Crippen LogP contribution in [0, 0.1) is 5.82 Å². The lowest BCUT2D eigenvalue weighted by molar-refractivity contribution is 0.612. The first-order valence-electron chi connectivity index (χ1n) is 6.76. The highest BCUT2D eigenvalue weighted by Gasteiger charge is 2.10. The van der Waals surface area contributed by atoms with Gasteiger partial charge < -0.3 is 5.73 Å². The Kier molecular flexibility index (Phi) is 4.95. The highest BCUT2D eigenvalue weighted by molar-refractivity contribution is 9.10. The van der Waals surface area contributed by atoms with Crippen LogP contribution in [0.1, 0.15) is 42.5 Å². The van der Waals surface area contributed by atoms with Gasteiger partial charge in [-0.2, -0.15) is 0 Å². The monoisotopic (exact) mass is 335 g/mol. The molecule has 2 aromatic carbocycles. The second kappa shape index (κ2) is 6.51. The van der Waals surface area contributed by atoms with Crippen LogP contribution in [0.5, 0.6) is 0 Å². The minimum absolute atomic E-state index is 0.192. The quantitative estimate of drug-likeness (QED) is 0.840. The fraction of sp³-hybridized carbons (Fsp3) is 0.294. The van der Waals surface area contributed by atoms with Crippen molar-refractivity contribution < 1.29 is 4.39 Å². The van der Waals surface area contributed by atoms with Gasteiger partial charge in [0.25, 0.3) is 0 Å². The Labute approximate surface area is 128 Å². The van der Waals surface area contributed by atoms with Gasteiger partial charge in [0.15, 0.2) is 0 Å². The Morgan fingerprint density at radius 2 is 1.65 bits per heavy atom. The molecule has 1 unspecified atom stereocenters. The fourth-order valence-corrected chi connectivity index (χ4v) is 2.40. The maximum absolute atomic E-state index is 13.5. The van der Waals surface area contributed by atoms with Crippen LogP contribution in [0.25, 0.3) is 0 Å². The van der Waals surface area contributed by atoms with E-state index in [0.29, 0.717) is 16.8 Å². The van der Waals surface area contributed by atoms with Gasteiger partial charge in [0.05, 0.1) is 4.47 Å². The number of benzene rings is 2. The number of rotatable bonds is 4. The van der Waals surface area contributed by atoms with Crippen LogP contribution >= 0.6 is 15.9 Å². The van der Waals surface area contributed by atoms with Crippen molar-refractivity contribution in [1.29, 1.82) is 0 Å². The van der Waals surface area contributed by atoms with E-state index < -0.39 is 0 Å². The van der Waals surface area contributed by atoms with E-state index in [0.717, 1.165) is 5.56 Å². The zero-order valence-electron chi connectivity index (χ0n) is 11.7. The smallest absolute Gasteiger partial charge is 0.137 e. The van der Waals surface area contributed by atoms with Crippen molar-refractivity contribution in [2.24, 2.45) is 5.73 Å². The molecule has 0 spiro atoms. The Morgan fingerprint density at radius 1 is 1.05 bits per heavy atom. The number of nitrogens with two attached hydrogens (primary N) is 1. The first-order chi connectivity index (χ1) is 9.47. The molecule has 2 N–H and O–H groups in total. The van der Waals surface area contributed by atoms with Gasteiger partial charge in [-0.25, -0.2) is 4.39 Å². The summed E-state index contributed by atoms with van der Waals surface area (Å²) in [5, 5.41) is 0. The third-order valence-corrected chi connectivity index (χ3v) is 4.12. The molecule has 0 saturated heterocycles. The van der Waals surface area contributed by atoms with Crippen molar-refractivity contribution in [2.75, 3.05) is 0 Å². The standard InChI is InChI=1S/C17H19BrFN/c1-11(2)13-5-3-12(4-6-13)9-17(20)14-7-8-15(18)16(19)10-14/h3-8,10-11,17H,9,20H2,1-2H3. The van der Waals surface area contributed by atoms with Crippen molar-refractivity contribution in [2.45, 2.75) is 32.2 Å². The number of hydrogen-bond acceptors (Lipinski definition) is 1. The lowest BCUT2D eigenvalue weighted by atomic mass is 9.96. The van der Waals surface area contributed by atoms with Crippen molar-refractivity contribution in [3.05, 3.63) is 69.4 Å². The van der Waals surface area contributed by atoms with Crippen LogP contribution in [0.2, 0.25) is 0 Å². The normalized spacial score (nSPS) is 12.7. The number of halogens is 2. The highest BCUT2D eigenvalue weighted by Crippen LogP contribution is 2.23. The van der Waals surface area contributed by atoms with Gasteiger partial charge in [-0.3, -0.25) is 0 Å². The molecule has 0 aliphatic carbocycles. The molecule has 0 fully saturated rings. The van der Waals surface area contributed by atoms with E-state index in [2.05, 4.69) is 54.0 Å². The maximum Gasteiger partial charge on any atom is 0.137 e. The zero-order chi connectivity index (χ0) is 14.7. The zero-order valence-corrected chi connectivity index (χ0v) is 13.3. The molecule has 0 aliphatic heterocycles. The van der Waals surface area contributed by atoms with Crippen molar-refractivity contribution in [3.8, 4) is 0 Å². The minimum Gasteiger partial charge on any atom is -0.324 e.